The number of alkyl halides is 1. The lowest BCUT2D eigenvalue weighted by atomic mass is 9.68. The van der Waals surface area contributed by atoms with E-state index in [1.807, 2.05) is 17.8 Å². The second-order valence-corrected chi connectivity index (χ2v) is 12.6. The number of carbonyl (C=O) groups is 1. The number of rotatable bonds is 10. The molecular weight excluding hydrogens is 445 g/mol. The van der Waals surface area contributed by atoms with E-state index in [9.17, 15) is 14.4 Å². The maximum atomic E-state index is 14.5. The number of nitrogens with zero attached hydrogens (tertiary/aromatic N) is 3. The second kappa shape index (κ2) is 11.9. The topological polar surface area (TPSA) is 47.3 Å². The Balaban J connectivity index is 2.43. The zero-order valence-corrected chi connectivity index (χ0v) is 23.2. The van der Waals surface area contributed by atoms with Crippen LogP contribution in [-0.4, -0.2) is 63.1 Å². The van der Waals surface area contributed by atoms with Crippen molar-refractivity contribution in [1.29, 1.82) is 5.26 Å². The largest absolute Gasteiger partial charge is 0.322 e. The van der Waals surface area contributed by atoms with Crippen LogP contribution in [0.4, 0.5) is 4.39 Å². The van der Waals surface area contributed by atoms with Crippen LogP contribution in [0.25, 0.3) is 0 Å². The molecule has 1 fully saturated rings. The molecule has 0 bridgehead atoms. The highest BCUT2D eigenvalue weighted by Crippen LogP contribution is 2.47. The van der Waals surface area contributed by atoms with Crippen molar-refractivity contribution in [3.05, 3.63) is 35.9 Å². The van der Waals surface area contributed by atoms with Crippen LogP contribution in [0.15, 0.2) is 30.3 Å². The molecule has 0 aromatic heterocycles. The fraction of sp³-hybridized carbons (Fsp3) is 0.714. The van der Waals surface area contributed by atoms with Crippen molar-refractivity contribution in [3.63, 3.8) is 0 Å². The molecule has 190 valence electrons. The molecule has 2 rings (SSSR count). The molecule has 1 aromatic carbocycles. The van der Waals surface area contributed by atoms with Crippen molar-refractivity contribution >= 4 is 17.7 Å². The molecule has 6 heteroatoms. The summed E-state index contributed by atoms with van der Waals surface area (Å²) in [5.74, 6) is 0.829. The second-order valence-electron chi connectivity index (χ2n) is 11.1. The summed E-state index contributed by atoms with van der Waals surface area (Å²) in [6.45, 7) is 17.0. The summed E-state index contributed by atoms with van der Waals surface area (Å²) < 4.78 is 14.4. The third-order valence-corrected chi connectivity index (χ3v) is 8.42. The quantitative estimate of drug-likeness (QED) is 0.372. The van der Waals surface area contributed by atoms with Crippen LogP contribution < -0.4 is 0 Å². The van der Waals surface area contributed by atoms with Crippen molar-refractivity contribution in [2.24, 2.45) is 5.41 Å². The van der Waals surface area contributed by atoms with Gasteiger partial charge in [-0.2, -0.15) is 17.0 Å². The average molecular weight is 490 g/mol. The number of thioether (sulfide) groups is 1. The normalized spacial score (nSPS) is 21.7. The molecule has 0 radical (unpaired) electrons. The first-order chi connectivity index (χ1) is 15.9. The number of carbonyl (C=O) groups excluding carboxylic acids is 1. The van der Waals surface area contributed by atoms with E-state index in [0.29, 0.717) is 0 Å². The minimum Gasteiger partial charge on any atom is -0.322 e. The predicted octanol–water partition coefficient (Wildman–Crippen LogP) is 6.11. The summed E-state index contributed by atoms with van der Waals surface area (Å²) in [4.78, 5) is 18.4. The van der Waals surface area contributed by atoms with Gasteiger partial charge in [-0.15, -0.1) is 0 Å². The molecule has 1 aliphatic heterocycles. The van der Waals surface area contributed by atoms with E-state index < -0.39 is 23.2 Å². The Hall–Kier alpha value is -1.58. The van der Waals surface area contributed by atoms with Crippen LogP contribution in [0, 0.1) is 16.7 Å². The minimum atomic E-state index is -1.15. The Morgan fingerprint density at radius 1 is 1.18 bits per heavy atom. The molecule has 1 heterocycles. The number of hydrogen-bond donors (Lipinski definition) is 0. The van der Waals surface area contributed by atoms with Gasteiger partial charge in [-0.05, 0) is 57.3 Å². The van der Waals surface area contributed by atoms with Crippen molar-refractivity contribution in [2.45, 2.75) is 110 Å². The van der Waals surface area contributed by atoms with E-state index in [0.717, 1.165) is 18.6 Å². The van der Waals surface area contributed by atoms with Gasteiger partial charge in [0.2, 0.25) is 5.91 Å². The van der Waals surface area contributed by atoms with Gasteiger partial charge in [0.1, 0.15) is 17.8 Å². The molecule has 4 atom stereocenters. The van der Waals surface area contributed by atoms with Gasteiger partial charge in [0.15, 0.2) is 0 Å². The SMILES string of the molecule is CC(C)N(C(C)C)[C@](C(=O)N1C[C@@H](F)C[C@H]1C#N)(C(C)SCCCc1ccccc1)C(C)(C)C. The number of nitriles is 1. The van der Waals surface area contributed by atoms with Crippen molar-refractivity contribution < 1.29 is 9.18 Å². The number of benzene rings is 1. The molecule has 1 aliphatic rings. The highest BCUT2D eigenvalue weighted by molar-refractivity contribution is 8.00. The highest BCUT2D eigenvalue weighted by Gasteiger charge is 2.60. The Morgan fingerprint density at radius 3 is 2.26 bits per heavy atom. The predicted molar refractivity (Wildman–Crippen MR) is 142 cm³/mol. The average Bonchev–Trinajstić information content (AvgIpc) is 3.14. The van der Waals surface area contributed by atoms with E-state index in [-0.39, 0.29) is 36.2 Å². The number of hydrogen-bond acceptors (Lipinski definition) is 4. The van der Waals surface area contributed by atoms with Gasteiger partial charge in [0.25, 0.3) is 0 Å². The molecule has 1 unspecified atom stereocenters. The van der Waals surface area contributed by atoms with Crippen LogP contribution >= 0.6 is 11.8 Å². The van der Waals surface area contributed by atoms with Gasteiger partial charge in [0.05, 0.1) is 12.6 Å². The minimum absolute atomic E-state index is 0.00428. The first kappa shape index (κ1) is 28.7. The summed E-state index contributed by atoms with van der Waals surface area (Å²) in [6, 6.07) is 12.2. The van der Waals surface area contributed by atoms with Gasteiger partial charge in [-0.3, -0.25) is 9.69 Å². The highest BCUT2D eigenvalue weighted by atomic mass is 32.2. The third-order valence-electron chi connectivity index (χ3n) is 7.06. The molecule has 0 aliphatic carbocycles. The van der Waals surface area contributed by atoms with Crippen molar-refractivity contribution in [1.82, 2.24) is 9.80 Å². The molecular formula is C28H44FN3OS. The number of amides is 1. The van der Waals surface area contributed by atoms with Crippen LogP contribution in [0.1, 0.15) is 73.8 Å². The summed E-state index contributed by atoms with van der Waals surface area (Å²) in [5, 5.41) is 9.68. The summed E-state index contributed by atoms with van der Waals surface area (Å²) >= 11 is 1.82. The molecule has 0 spiro atoms. The Morgan fingerprint density at radius 2 is 1.76 bits per heavy atom. The van der Waals surface area contributed by atoms with Crippen molar-refractivity contribution in [3.8, 4) is 6.07 Å². The number of halogens is 1. The van der Waals surface area contributed by atoms with E-state index in [1.54, 1.807) is 0 Å². The van der Waals surface area contributed by atoms with Crippen LogP contribution in [-0.2, 0) is 11.2 Å². The third kappa shape index (κ3) is 5.97. The van der Waals surface area contributed by atoms with Gasteiger partial charge in [-0.25, -0.2) is 4.39 Å². The maximum Gasteiger partial charge on any atom is 0.245 e. The molecule has 1 aromatic rings. The Kier molecular flexibility index (Phi) is 10.0. The fourth-order valence-electron chi connectivity index (χ4n) is 5.88. The molecule has 0 saturated carbocycles. The summed E-state index contributed by atoms with van der Waals surface area (Å²) in [7, 11) is 0. The molecule has 34 heavy (non-hydrogen) atoms. The van der Waals surface area contributed by atoms with E-state index >= 15 is 0 Å². The van der Waals surface area contributed by atoms with Gasteiger partial charge >= 0.3 is 0 Å². The lowest BCUT2D eigenvalue weighted by molar-refractivity contribution is -0.159. The van der Waals surface area contributed by atoms with E-state index in [1.165, 1.54) is 10.5 Å². The maximum absolute atomic E-state index is 14.5. The van der Waals surface area contributed by atoms with Gasteiger partial charge < -0.3 is 4.90 Å². The van der Waals surface area contributed by atoms with E-state index in [2.05, 4.69) is 90.6 Å². The molecule has 1 saturated heterocycles. The lowest BCUT2D eigenvalue weighted by Crippen LogP contribution is -2.73. The number of aryl methyl sites for hydroxylation is 1. The first-order valence-corrected chi connectivity index (χ1v) is 13.7. The van der Waals surface area contributed by atoms with Gasteiger partial charge in [-0.1, -0.05) is 58.0 Å². The van der Waals surface area contributed by atoms with Crippen LogP contribution in [0.3, 0.4) is 0 Å². The fourth-order valence-corrected chi connectivity index (χ4v) is 7.36. The first-order valence-electron chi connectivity index (χ1n) is 12.7. The zero-order valence-electron chi connectivity index (χ0n) is 22.3. The monoisotopic (exact) mass is 489 g/mol. The van der Waals surface area contributed by atoms with Crippen LogP contribution in [0.5, 0.6) is 0 Å². The van der Waals surface area contributed by atoms with E-state index in [4.69, 9.17) is 0 Å². The number of likely N-dealkylation sites (tertiary alicyclic amines) is 1. The van der Waals surface area contributed by atoms with Crippen molar-refractivity contribution in [2.75, 3.05) is 12.3 Å². The molecule has 1 amide bonds. The Labute approximate surface area is 211 Å². The zero-order chi connectivity index (χ0) is 25.7. The lowest BCUT2D eigenvalue weighted by Gasteiger charge is -2.58. The van der Waals surface area contributed by atoms with Crippen LogP contribution in [0.2, 0.25) is 0 Å². The molecule has 0 N–H and O–H groups in total. The standard InChI is InChI=1S/C28H44FN3OS/c1-20(2)32(21(3)4)28(27(6,7)8,26(33)31-19-24(29)17-25(31)18-30)22(5)34-16-12-15-23-13-10-9-11-14-23/h9-11,13-14,20-22,24-25H,12,15-17,19H2,1-8H3/t22?,24-,25-,28-/m0/s1. The smallest absolute Gasteiger partial charge is 0.245 e. The summed E-state index contributed by atoms with van der Waals surface area (Å²) in [6.07, 6.45) is 0.978. The van der Waals surface area contributed by atoms with Gasteiger partial charge in [0, 0.05) is 23.8 Å². The Bertz CT molecular complexity index is 824. The summed E-state index contributed by atoms with van der Waals surface area (Å²) in [5.41, 5.74) is 0.00735. The molecule has 4 nitrogen and oxygen atoms in total.